The smallest absolute Gasteiger partial charge is 0.201 e. The molecule has 6 nitrogen and oxygen atoms in total. The first kappa shape index (κ1) is 11.7. The van der Waals surface area contributed by atoms with E-state index in [1.807, 2.05) is 28.3 Å². The number of aryl methyl sites for hydroxylation is 4. The van der Waals surface area contributed by atoms with E-state index in [-0.39, 0.29) is 0 Å². The highest BCUT2D eigenvalue weighted by Crippen LogP contribution is 2.21. The molecular formula is C13H16N6. The van der Waals surface area contributed by atoms with Crippen molar-refractivity contribution in [1.29, 1.82) is 0 Å². The summed E-state index contributed by atoms with van der Waals surface area (Å²) in [7, 11) is 1.94. The van der Waals surface area contributed by atoms with E-state index < -0.39 is 0 Å². The minimum Gasteiger partial charge on any atom is -0.369 e. The van der Waals surface area contributed by atoms with Crippen molar-refractivity contribution in [3.63, 3.8) is 0 Å². The van der Waals surface area contributed by atoms with E-state index in [1.165, 1.54) is 5.56 Å². The standard InChI is InChI=1S/C13H16N6/c1-9-4-3-5-10-12(9)19(13(14)16-10)7-6-11-17-15-8-18(11)2/h3-5,8H,6-7H2,1-2H3,(H2,14,16). The van der Waals surface area contributed by atoms with Crippen LogP contribution in [0.25, 0.3) is 11.0 Å². The summed E-state index contributed by atoms with van der Waals surface area (Å²) < 4.78 is 3.96. The van der Waals surface area contributed by atoms with Gasteiger partial charge in [-0.15, -0.1) is 10.2 Å². The number of fused-ring (bicyclic) bond motifs is 1. The topological polar surface area (TPSA) is 74.6 Å². The lowest BCUT2D eigenvalue weighted by Crippen LogP contribution is -2.09. The predicted octanol–water partition coefficient (Wildman–Crippen LogP) is 1.30. The number of benzene rings is 1. The van der Waals surface area contributed by atoms with Crippen molar-refractivity contribution < 1.29 is 0 Å². The number of nitrogens with zero attached hydrogens (tertiary/aromatic N) is 5. The second kappa shape index (κ2) is 4.38. The Kier molecular flexibility index (Phi) is 2.70. The number of anilines is 1. The van der Waals surface area contributed by atoms with Gasteiger partial charge in [0.05, 0.1) is 11.0 Å². The Bertz CT molecular complexity index is 724. The number of aromatic nitrogens is 5. The summed E-state index contributed by atoms with van der Waals surface area (Å²) in [5.41, 5.74) is 9.23. The predicted molar refractivity (Wildman–Crippen MR) is 73.6 cm³/mol. The Morgan fingerprint density at radius 3 is 2.89 bits per heavy atom. The van der Waals surface area contributed by atoms with Gasteiger partial charge in [-0.3, -0.25) is 0 Å². The molecule has 3 aromatic rings. The number of nitrogen functional groups attached to an aromatic ring is 1. The van der Waals surface area contributed by atoms with Crippen LogP contribution in [0.4, 0.5) is 5.95 Å². The Hall–Kier alpha value is -2.37. The van der Waals surface area contributed by atoms with Gasteiger partial charge in [0, 0.05) is 20.0 Å². The molecule has 0 atom stereocenters. The highest BCUT2D eigenvalue weighted by molar-refractivity contribution is 5.81. The molecule has 98 valence electrons. The fraction of sp³-hybridized carbons (Fsp3) is 0.308. The van der Waals surface area contributed by atoms with Crippen LogP contribution in [-0.4, -0.2) is 24.3 Å². The summed E-state index contributed by atoms with van der Waals surface area (Å²) in [6.45, 7) is 2.82. The van der Waals surface area contributed by atoms with E-state index in [4.69, 9.17) is 5.73 Å². The van der Waals surface area contributed by atoms with Crippen molar-refractivity contribution >= 4 is 17.0 Å². The van der Waals surface area contributed by atoms with Crippen molar-refractivity contribution in [3.05, 3.63) is 35.9 Å². The zero-order chi connectivity index (χ0) is 13.4. The fourth-order valence-electron chi connectivity index (χ4n) is 2.35. The first-order chi connectivity index (χ1) is 9.16. The number of imidazole rings is 1. The first-order valence-electron chi connectivity index (χ1n) is 6.21. The normalized spacial score (nSPS) is 11.3. The zero-order valence-corrected chi connectivity index (χ0v) is 11.0. The maximum absolute atomic E-state index is 6.01. The average Bonchev–Trinajstić information content (AvgIpc) is 2.91. The van der Waals surface area contributed by atoms with Crippen molar-refractivity contribution in [2.75, 3.05) is 5.73 Å². The molecule has 0 aliphatic rings. The molecule has 0 unspecified atom stereocenters. The summed E-state index contributed by atoms with van der Waals surface area (Å²) in [6, 6.07) is 6.05. The van der Waals surface area contributed by atoms with Crippen LogP contribution in [0.3, 0.4) is 0 Å². The lowest BCUT2D eigenvalue weighted by Gasteiger charge is -2.07. The van der Waals surface area contributed by atoms with Crippen LogP contribution in [0.15, 0.2) is 24.5 Å². The first-order valence-corrected chi connectivity index (χ1v) is 6.21. The quantitative estimate of drug-likeness (QED) is 0.766. The third-order valence-corrected chi connectivity index (χ3v) is 3.36. The summed E-state index contributed by atoms with van der Waals surface area (Å²) in [5, 5.41) is 7.97. The summed E-state index contributed by atoms with van der Waals surface area (Å²) in [5.74, 6) is 1.49. The van der Waals surface area contributed by atoms with Gasteiger partial charge in [-0.25, -0.2) is 4.98 Å². The van der Waals surface area contributed by atoms with Crippen molar-refractivity contribution in [2.24, 2.45) is 7.05 Å². The Morgan fingerprint density at radius 1 is 1.32 bits per heavy atom. The number of hydrogen-bond acceptors (Lipinski definition) is 4. The molecule has 0 fully saturated rings. The molecule has 0 saturated heterocycles. The van der Waals surface area contributed by atoms with Crippen molar-refractivity contribution in [1.82, 2.24) is 24.3 Å². The van der Waals surface area contributed by atoms with E-state index in [1.54, 1.807) is 6.33 Å². The molecule has 2 N–H and O–H groups in total. The fourth-order valence-corrected chi connectivity index (χ4v) is 2.35. The average molecular weight is 256 g/mol. The van der Waals surface area contributed by atoms with E-state index in [2.05, 4.69) is 28.2 Å². The lowest BCUT2D eigenvalue weighted by atomic mass is 10.2. The maximum atomic E-state index is 6.01. The molecule has 0 aliphatic heterocycles. The summed E-state index contributed by atoms with van der Waals surface area (Å²) in [6.07, 6.45) is 2.48. The highest BCUT2D eigenvalue weighted by Gasteiger charge is 2.11. The summed E-state index contributed by atoms with van der Waals surface area (Å²) in [4.78, 5) is 4.39. The van der Waals surface area contributed by atoms with Gasteiger partial charge in [-0.05, 0) is 18.6 Å². The molecule has 0 amide bonds. The molecule has 0 bridgehead atoms. The van der Waals surface area contributed by atoms with E-state index in [0.717, 1.165) is 29.8 Å². The van der Waals surface area contributed by atoms with Gasteiger partial charge in [-0.1, -0.05) is 12.1 Å². The van der Waals surface area contributed by atoms with E-state index >= 15 is 0 Å². The minimum absolute atomic E-state index is 0.548. The van der Waals surface area contributed by atoms with Gasteiger partial charge in [0.2, 0.25) is 5.95 Å². The van der Waals surface area contributed by atoms with Crippen LogP contribution in [0.1, 0.15) is 11.4 Å². The van der Waals surface area contributed by atoms with E-state index in [9.17, 15) is 0 Å². The molecule has 0 aliphatic carbocycles. The Balaban J connectivity index is 1.97. The van der Waals surface area contributed by atoms with Gasteiger partial charge in [0.25, 0.3) is 0 Å². The molecule has 0 radical (unpaired) electrons. The maximum Gasteiger partial charge on any atom is 0.201 e. The Labute approximate surface area is 110 Å². The molecule has 6 heteroatoms. The monoisotopic (exact) mass is 256 g/mol. The van der Waals surface area contributed by atoms with Crippen LogP contribution in [0.2, 0.25) is 0 Å². The van der Waals surface area contributed by atoms with Crippen molar-refractivity contribution in [2.45, 2.75) is 19.9 Å². The number of para-hydroxylation sites is 1. The van der Waals surface area contributed by atoms with Crippen LogP contribution in [0.5, 0.6) is 0 Å². The number of rotatable bonds is 3. The van der Waals surface area contributed by atoms with Crippen LogP contribution in [0, 0.1) is 6.92 Å². The second-order valence-corrected chi connectivity index (χ2v) is 4.67. The SMILES string of the molecule is Cc1cccc2nc(N)n(CCc3nncn3C)c12. The lowest BCUT2D eigenvalue weighted by molar-refractivity contribution is 0.668. The molecule has 2 heterocycles. The van der Waals surface area contributed by atoms with Crippen LogP contribution >= 0.6 is 0 Å². The van der Waals surface area contributed by atoms with E-state index in [0.29, 0.717) is 5.95 Å². The molecule has 1 aromatic carbocycles. The molecule has 3 rings (SSSR count). The zero-order valence-electron chi connectivity index (χ0n) is 11.0. The third kappa shape index (κ3) is 1.95. The molecule has 19 heavy (non-hydrogen) atoms. The van der Waals surface area contributed by atoms with Gasteiger partial charge in [-0.2, -0.15) is 0 Å². The van der Waals surface area contributed by atoms with Gasteiger partial charge >= 0.3 is 0 Å². The molecule has 0 spiro atoms. The highest BCUT2D eigenvalue weighted by atomic mass is 15.2. The number of nitrogens with two attached hydrogens (primary N) is 1. The molecular weight excluding hydrogens is 240 g/mol. The number of hydrogen-bond donors (Lipinski definition) is 1. The van der Waals surface area contributed by atoms with Gasteiger partial charge in [0.1, 0.15) is 12.2 Å². The van der Waals surface area contributed by atoms with Gasteiger partial charge < -0.3 is 14.9 Å². The minimum atomic E-state index is 0.548. The van der Waals surface area contributed by atoms with Crippen molar-refractivity contribution in [3.8, 4) is 0 Å². The molecule has 2 aromatic heterocycles. The van der Waals surface area contributed by atoms with Crippen LogP contribution < -0.4 is 5.73 Å². The largest absolute Gasteiger partial charge is 0.369 e. The second-order valence-electron chi connectivity index (χ2n) is 4.67. The molecule has 0 saturated carbocycles. The van der Waals surface area contributed by atoms with Gasteiger partial charge in [0.15, 0.2) is 0 Å². The summed E-state index contributed by atoms with van der Waals surface area (Å²) >= 11 is 0. The van der Waals surface area contributed by atoms with Crippen LogP contribution in [-0.2, 0) is 20.0 Å². The Morgan fingerprint density at radius 2 is 2.16 bits per heavy atom. The third-order valence-electron chi connectivity index (χ3n) is 3.36.